The van der Waals surface area contributed by atoms with Crippen molar-refractivity contribution in [2.24, 2.45) is 7.05 Å². The van der Waals surface area contributed by atoms with Crippen LogP contribution in [0.15, 0.2) is 41.2 Å². The van der Waals surface area contributed by atoms with Crippen LogP contribution in [-0.4, -0.2) is 33.7 Å². The summed E-state index contributed by atoms with van der Waals surface area (Å²) < 4.78 is 12.3. The van der Waals surface area contributed by atoms with Crippen molar-refractivity contribution in [2.45, 2.75) is 39.3 Å². The summed E-state index contributed by atoms with van der Waals surface area (Å²) in [6.07, 6.45) is 0.245. The van der Waals surface area contributed by atoms with Crippen LogP contribution in [0.3, 0.4) is 0 Å². The number of nitrogens with zero attached hydrogens (tertiary/aromatic N) is 3. The van der Waals surface area contributed by atoms with Crippen LogP contribution >= 0.6 is 0 Å². The Kier molecular flexibility index (Phi) is 5.69. The van der Waals surface area contributed by atoms with Crippen LogP contribution < -0.4 is 15.6 Å². The predicted molar refractivity (Wildman–Crippen MR) is 121 cm³/mol. The summed E-state index contributed by atoms with van der Waals surface area (Å²) in [7, 11) is 3.25. The number of methoxy groups -OCH3 is 1. The molecule has 1 aliphatic carbocycles. The molecule has 2 heterocycles. The minimum atomic E-state index is -0.368. The maximum absolute atomic E-state index is 13.2. The fraction of sp³-hybridized carbons (Fsp3) is 0.333. The molecule has 1 aromatic carbocycles. The van der Waals surface area contributed by atoms with Crippen molar-refractivity contribution in [3.05, 3.63) is 69.3 Å². The van der Waals surface area contributed by atoms with E-state index in [2.05, 4.69) is 15.3 Å². The van der Waals surface area contributed by atoms with Gasteiger partial charge in [-0.3, -0.25) is 14.2 Å². The number of nitrogens with one attached hydrogen (secondary N) is 1. The first-order valence-electron chi connectivity index (χ1n) is 10.4. The standard InChI is InChI=1S/C24H26N4O4/c1-13-17(10-11-20(25-13)31-5)22-24(30)28(4)23(14(2)26-22)27-21-18-9-7-6-8-16(18)12-19(21)32-15(3)29/h6-11,19,21,27H,12H2,1-5H3. The molecule has 166 valence electrons. The number of hydrogen-bond acceptors (Lipinski definition) is 7. The van der Waals surface area contributed by atoms with Gasteiger partial charge in [0.1, 0.15) is 17.6 Å². The van der Waals surface area contributed by atoms with Crippen molar-refractivity contribution in [1.29, 1.82) is 0 Å². The number of pyridine rings is 1. The Hall–Kier alpha value is -3.68. The van der Waals surface area contributed by atoms with E-state index in [-0.39, 0.29) is 23.7 Å². The highest BCUT2D eigenvalue weighted by Gasteiger charge is 2.35. The third kappa shape index (κ3) is 3.84. The number of aryl methyl sites for hydroxylation is 2. The van der Waals surface area contributed by atoms with Crippen LogP contribution in [0.5, 0.6) is 5.88 Å². The van der Waals surface area contributed by atoms with Gasteiger partial charge in [-0.2, -0.15) is 0 Å². The van der Waals surface area contributed by atoms with Crippen LogP contribution in [0.1, 0.15) is 35.5 Å². The highest BCUT2D eigenvalue weighted by atomic mass is 16.5. The van der Waals surface area contributed by atoms with Crippen molar-refractivity contribution in [2.75, 3.05) is 12.4 Å². The Labute approximate surface area is 186 Å². The van der Waals surface area contributed by atoms with Gasteiger partial charge < -0.3 is 14.8 Å². The number of benzene rings is 1. The Balaban J connectivity index is 1.74. The highest BCUT2D eigenvalue weighted by Crippen LogP contribution is 2.36. The summed E-state index contributed by atoms with van der Waals surface area (Å²) in [6, 6.07) is 11.2. The molecule has 1 aliphatic rings. The normalized spacial score (nSPS) is 17.0. The summed E-state index contributed by atoms with van der Waals surface area (Å²) in [6.45, 7) is 5.07. The van der Waals surface area contributed by atoms with Gasteiger partial charge in [-0.1, -0.05) is 24.3 Å². The maximum Gasteiger partial charge on any atom is 0.302 e. The monoisotopic (exact) mass is 434 g/mol. The molecule has 0 bridgehead atoms. The largest absolute Gasteiger partial charge is 0.481 e. The minimum Gasteiger partial charge on any atom is -0.481 e. The summed E-state index contributed by atoms with van der Waals surface area (Å²) in [4.78, 5) is 33.9. The zero-order valence-corrected chi connectivity index (χ0v) is 18.8. The highest BCUT2D eigenvalue weighted by molar-refractivity contribution is 5.67. The Morgan fingerprint density at radius 1 is 1.12 bits per heavy atom. The van der Waals surface area contributed by atoms with E-state index in [1.165, 1.54) is 6.92 Å². The topological polar surface area (TPSA) is 95.3 Å². The Morgan fingerprint density at radius 3 is 2.56 bits per heavy atom. The average molecular weight is 434 g/mol. The van der Waals surface area contributed by atoms with Crippen molar-refractivity contribution in [1.82, 2.24) is 14.5 Å². The van der Waals surface area contributed by atoms with Gasteiger partial charge in [-0.25, -0.2) is 9.97 Å². The van der Waals surface area contributed by atoms with Crippen LogP contribution in [0.25, 0.3) is 11.3 Å². The molecule has 0 spiro atoms. The van der Waals surface area contributed by atoms with Gasteiger partial charge in [-0.05, 0) is 31.0 Å². The third-order valence-electron chi connectivity index (χ3n) is 5.78. The summed E-state index contributed by atoms with van der Waals surface area (Å²) in [5, 5.41) is 3.43. The number of anilines is 1. The minimum absolute atomic E-state index is 0.247. The fourth-order valence-electron chi connectivity index (χ4n) is 4.25. The van der Waals surface area contributed by atoms with E-state index < -0.39 is 0 Å². The van der Waals surface area contributed by atoms with Crippen LogP contribution in [0, 0.1) is 13.8 Å². The molecule has 2 aromatic heterocycles. The number of carbonyl (C=O) groups excluding carboxylic acids is 1. The van der Waals surface area contributed by atoms with Crippen LogP contribution in [0.4, 0.5) is 5.82 Å². The first-order chi connectivity index (χ1) is 15.3. The molecule has 0 fully saturated rings. The molecule has 0 saturated heterocycles. The zero-order chi connectivity index (χ0) is 23.0. The smallest absolute Gasteiger partial charge is 0.302 e. The van der Waals surface area contributed by atoms with E-state index in [1.807, 2.05) is 38.1 Å². The molecule has 0 aliphatic heterocycles. The van der Waals surface area contributed by atoms with Gasteiger partial charge in [0.2, 0.25) is 5.88 Å². The number of ether oxygens (including phenoxy) is 2. The molecule has 4 rings (SSSR count). The molecule has 1 N–H and O–H groups in total. The lowest BCUT2D eigenvalue weighted by Gasteiger charge is -2.25. The quantitative estimate of drug-likeness (QED) is 0.617. The number of hydrogen-bond donors (Lipinski definition) is 1. The second-order valence-corrected chi connectivity index (χ2v) is 7.92. The van der Waals surface area contributed by atoms with Crippen molar-refractivity contribution < 1.29 is 14.3 Å². The van der Waals surface area contributed by atoms with Gasteiger partial charge >= 0.3 is 5.97 Å². The van der Waals surface area contributed by atoms with Gasteiger partial charge in [0.15, 0.2) is 0 Å². The first-order valence-corrected chi connectivity index (χ1v) is 10.4. The van der Waals surface area contributed by atoms with Crippen molar-refractivity contribution >= 4 is 11.8 Å². The molecule has 3 aromatic rings. The SMILES string of the molecule is COc1ccc(-c2nc(C)c(NC3c4ccccc4CC3OC(C)=O)n(C)c2=O)c(C)n1. The molecule has 0 amide bonds. The second kappa shape index (κ2) is 8.45. The van der Waals surface area contributed by atoms with E-state index >= 15 is 0 Å². The lowest BCUT2D eigenvalue weighted by molar-refractivity contribution is -0.146. The van der Waals surface area contributed by atoms with Gasteiger partial charge in [0.05, 0.1) is 24.5 Å². The van der Waals surface area contributed by atoms with Crippen molar-refractivity contribution in [3.8, 4) is 17.1 Å². The number of carbonyl (C=O) groups is 1. The van der Waals surface area contributed by atoms with E-state index in [0.717, 1.165) is 11.1 Å². The molecule has 8 heteroatoms. The van der Waals surface area contributed by atoms with Crippen LogP contribution in [0.2, 0.25) is 0 Å². The lowest BCUT2D eigenvalue weighted by atomic mass is 10.1. The number of rotatable bonds is 5. The van der Waals surface area contributed by atoms with Gasteiger partial charge in [0.25, 0.3) is 5.56 Å². The number of aromatic nitrogens is 3. The fourth-order valence-corrected chi connectivity index (χ4v) is 4.25. The summed E-state index contributed by atoms with van der Waals surface area (Å²) in [5.41, 5.74) is 4.21. The first kappa shape index (κ1) is 21.5. The molecule has 0 radical (unpaired) electrons. The molecule has 2 unspecified atom stereocenters. The average Bonchev–Trinajstić information content (AvgIpc) is 3.10. The Bertz CT molecular complexity index is 1250. The molecule has 32 heavy (non-hydrogen) atoms. The third-order valence-corrected chi connectivity index (χ3v) is 5.78. The van der Waals surface area contributed by atoms with Crippen molar-refractivity contribution in [3.63, 3.8) is 0 Å². The second-order valence-electron chi connectivity index (χ2n) is 7.92. The van der Waals surface area contributed by atoms with Gasteiger partial charge in [0, 0.05) is 32.0 Å². The maximum atomic E-state index is 13.2. The van der Waals surface area contributed by atoms with E-state index in [1.54, 1.807) is 30.9 Å². The lowest BCUT2D eigenvalue weighted by Crippen LogP contribution is -2.31. The van der Waals surface area contributed by atoms with Gasteiger partial charge in [-0.15, -0.1) is 0 Å². The predicted octanol–water partition coefficient (Wildman–Crippen LogP) is 3.11. The number of esters is 1. The van der Waals surface area contributed by atoms with E-state index in [9.17, 15) is 9.59 Å². The molecule has 2 atom stereocenters. The molecular formula is C24H26N4O4. The van der Waals surface area contributed by atoms with E-state index in [0.29, 0.717) is 40.8 Å². The van der Waals surface area contributed by atoms with E-state index in [4.69, 9.17) is 9.47 Å². The molecule has 8 nitrogen and oxygen atoms in total. The molecule has 0 saturated carbocycles. The summed E-state index contributed by atoms with van der Waals surface area (Å²) in [5.74, 6) is 0.724. The number of fused-ring (bicyclic) bond motifs is 1. The Morgan fingerprint density at radius 2 is 1.88 bits per heavy atom. The zero-order valence-electron chi connectivity index (χ0n) is 18.8. The summed E-state index contributed by atoms with van der Waals surface area (Å²) >= 11 is 0. The molecular weight excluding hydrogens is 408 g/mol. The van der Waals surface area contributed by atoms with Crippen LogP contribution in [-0.2, 0) is 23.0 Å².